The van der Waals surface area contributed by atoms with Gasteiger partial charge in [0.2, 0.25) is 0 Å². The normalized spacial score (nSPS) is 20.2. The number of nitrogens with one attached hydrogen (secondary N) is 1. The van der Waals surface area contributed by atoms with Crippen LogP contribution < -0.4 is 5.32 Å². The van der Waals surface area contributed by atoms with Gasteiger partial charge in [0.15, 0.2) is 0 Å². The fourth-order valence-electron chi connectivity index (χ4n) is 1.11. The summed E-state index contributed by atoms with van der Waals surface area (Å²) in [6.07, 6.45) is 0.686. The maximum absolute atomic E-state index is 8.91. The lowest BCUT2D eigenvalue weighted by atomic mass is 10.2. The van der Waals surface area contributed by atoms with Gasteiger partial charge in [0.1, 0.15) is 0 Å². The van der Waals surface area contributed by atoms with Crippen molar-refractivity contribution in [1.29, 1.82) is 0 Å². The summed E-state index contributed by atoms with van der Waals surface area (Å²) in [7, 11) is 0. The minimum atomic E-state index is -0.116. The average molecular weight is 160 g/mol. The zero-order chi connectivity index (χ0) is 8.10. The van der Waals surface area contributed by atoms with E-state index in [0.29, 0.717) is 0 Å². The van der Waals surface area contributed by atoms with Gasteiger partial charge in [0.25, 0.3) is 0 Å². The Morgan fingerprint density at radius 1 is 1.45 bits per heavy atom. The number of nitrogens with zero attached hydrogens (tertiary/aromatic N) is 1. The molecule has 0 aromatic rings. The van der Waals surface area contributed by atoms with Gasteiger partial charge >= 0.3 is 0 Å². The number of aliphatic hydroxyl groups is 2. The molecule has 0 radical (unpaired) electrons. The monoisotopic (exact) mass is 160 g/mol. The van der Waals surface area contributed by atoms with Crippen LogP contribution in [0.4, 0.5) is 0 Å². The molecule has 0 amide bonds. The van der Waals surface area contributed by atoms with Crippen molar-refractivity contribution in [1.82, 2.24) is 10.2 Å². The molecule has 0 aromatic heterocycles. The standard InChI is InChI=1S/C7H16N2O2/c10-3-1-2-8-6-9-4-7(11)5-9/h7-8,10-11H,1-6H2. The van der Waals surface area contributed by atoms with E-state index in [1.54, 1.807) is 0 Å². The first-order valence-corrected chi connectivity index (χ1v) is 4.05. The molecule has 0 aliphatic carbocycles. The summed E-state index contributed by atoms with van der Waals surface area (Å²) in [5, 5.41) is 20.5. The van der Waals surface area contributed by atoms with E-state index in [9.17, 15) is 0 Å². The van der Waals surface area contributed by atoms with Crippen LogP contribution in [0.15, 0.2) is 0 Å². The maximum Gasteiger partial charge on any atom is 0.0794 e. The third-order valence-corrected chi connectivity index (χ3v) is 1.78. The summed E-state index contributed by atoms with van der Waals surface area (Å²) in [5.41, 5.74) is 0. The van der Waals surface area contributed by atoms with Crippen molar-refractivity contribution in [3.05, 3.63) is 0 Å². The molecular weight excluding hydrogens is 144 g/mol. The van der Waals surface area contributed by atoms with Crippen molar-refractivity contribution in [3.8, 4) is 0 Å². The molecule has 1 saturated heterocycles. The lowest BCUT2D eigenvalue weighted by Gasteiger charge is -2.35. The molecule has 4 nitrogen and oxygen atoms in total. The van der Waals surface area contributed by atoms with E-state index in [1.165, 1.54) is 0 Å². The first-order chi connectivity index (χ1) is 5.33. The highest BCUT2D eigenvalue weighted by atomic mass is 16.3. The molecule has 1 aliphatic heterocycles. The molecule has 0 aromatic carbocycles. The first kappa shape index (κ1) is 8.93. The number of β-amino-alcohol motifs (C(OH)–C–C–N with tert-alkyl or cyclic N) is 1. The summed E-state index contributed by atoms with van der Waals surface area (Å²) >= 11 is 0. The van der Waals surface area contributed by atoms with Crippen molar-refractivity contribution >= 4 is 0 Å². The Balaban J connectivity index is 1.81. The van der Waals surface area contributed by atoms with Crippen LogP contribution in [0.5, 0.6) is 0 Å². The number of hydrogen-bond acceptors (Lipinski definition) is 4. The molecule has 1 heterocycles. The maximum atomic E-state index is 8.91. The summed E-state index contributed by atoms with van der Waals surface area (Å²) in [5.74, 6) is 0. The van der Waals surface area contributed by atoms with Crippen LogP contribution in [-0.4, -0.2) is 54.1 Å². The Hall–Kier alpha value is -0.160. The van der Waals surface area contributed by atoms with Crippen LogP contribution in [0.1, 0.15) is 6.42 Å². The predicted octanol–water partition coefficient (Wildman–Crippen LogP) is -1.41. The van der Waals surface area contributed by atoms with Crippen molar-refractivity contribution < 1.29 is 10.2 Å². The Kier molecular flexibility index (Phi) is 3.79. The summed E-state index contributed by atoms with van der Waals surface area (Å²) in [6.45, 7) is 3.49. The number of hydrogen-bond donors (Lipinski definition) is 3. The molecule has 1 fully saturated rings. The SMILES string of the molecule is OCCCNCN1CC(O)C1. The molecular formula is C7H16N2O2. The van der Waals surface area contributed by atoms with Crippen molar-refractivity contribution in [2.24, 2.45) is 0 Å². The lowest BCUT2D eigenvalue weighted by Crippen LogP contribution is -2.53. The van der Waals surface area contributed by atoms with Gasteiger partial charge in [-0.3, -0.25) is 4.90 Å². The predicted molar refractivity (Wildman–Crippen MR) is 42.2 cm³/mol. The number of likely N-dealkylation sites (tertiary alicyclic amines) is 1. The van der Waals surface area contributed by atoms with Crippen LogP contribution in [0, 0.1) is 0 Å². The second-order valence-electron chi connectivity index (χ2n) is 2.93. The Morgan fingerprint density at radius 3 is 2.73 bits per heavy atom. The van der Waals surface area contributed by atoms with Crippen LogP contribution in [0.25, 0.3) is 0 Å². The van der Waals surface area contributed by atoms with Crippen LogP contribution in [0.2, 0.25) is 0 Å². The molecule has 4 heteroatoms. The highest BCUT2D eigenvalue weighted by Gasteiger charge is 2.22. The molecule has 0 bridgehead atoms. The molecule has 3 N–H and O–H groups in total. The summed E-state index contributed by atoms with van der Waals surface area (Å²) in [4.78, 5) is 2.13. The zero-order valence-electron chi connectivity index (χ0n) is 6.66. The molecule has 66 valence electrons. The van der Waals surface area contributed by atoms with Gasteiger partial charge in [-0.15, -0.1) is 0 Å². The minimum absolute atomic E-state index is 0.116. The van der Waals surface area contributed by atoms with Crippen molar-refractivity contribution in [3.63, 3.8) is 0 Å². The van der Waals surface area contributed by atoms with Crippen LogP contribution >= 0.6 is 0 Å². The van der Waals surface area contributed by atoms with Gasteiger partial charge < -0.3 is 15.5 Å². The molecule has 0 spiro atoms. The highest BCUT2D eigenvalue weighted by Crippen LogP contribution is 2.03. The van der Waals surface area contributed by atoms with E-state index in [4.69, 9.17) is 10.2 Å². The summed E-state index contributed by atoms with van der Waals surface area (Å²) < 4.78 is 0. The second-order valence-corrected chi connectivity index (χ2v) is 2.93. The van der Waals surface area contributed by atoms with Crippen LogP contribution in [-0.2, 0) is 0 Å². The van der Waals surface area contributed by atoms with Gasteiger partial charge in [-0.05, 0) is 13.0 Å². The van der Waals surface area contributed by atoms with Gasteiger partial charge in [-0.2, -0.15) is 0 Å². The quantitative estimate of drug-likeness (QED) is 0.433. The number of aliphatic hydroxyl groups excluding tert-OH is 2. The van der Waals surface area contributed by atoms with E-state index in [2.05, 4.69) is 10.2 Å². The van der Waals surface area contributed by atoms with Gasteiger partial charge in [0, 0.05) is 26.4 Å². The highest BCUT2D eigenvalue weighted by molar-refractivity contribution is 4.77. The number of rotatable bonds is 5. The van der Waals surface area contributed by atoms with Gasteiger partial charge in [-0.1, -0.05) is 0 Å². The van der Waals surface area contributed by atoms with E-state index in [0.717, 1.165) is 32.7 Å². The largest absolute Gasteiger partial charge is 0.396 e. The second kappa shape index (κ2) is 4.66. The van der Waals surface area contributed by atoms with Gasteiger partial charge in [-0.25, -0.2) is 0 Å². The fourth-order valence-corrected chi connectivity index (χ4v) is 1.11. The molecule has 1 aliphatic rings. The smallest absolute Gasteiger partial charge is 0.0794 e. The fraction of sp³-hybridized carbons (Fsp3) is 1.00. The van der Waals surface area contributed by atoms with Crippen molar-refractivity contribution in [2.45, 2.75) is 12.5 Å². The zero-order valence-corrected chi connectivity index (χ0v) is 6.66. The molecule has 0 unspecified atom stereocenters. The molecule has 1 rings (SSSR count). The van der Waals surface area contributed by atoms with Crippen molar-refractivity contribution in [2.75, 3.05) is 32.9 Å². The molecule has 11 heavy (non-hydrogen) atoms. The third-order valence-electron chi connectivity index (χ3n) is 1.78. The van der Waals surface area contributed by atoms with E-state index < -0.39 is 0 Å². The Labute approximate surface area is 66.8 Å². The van der Waals surface area contributed by atoms with E-state index in [-0.39, 0.29) is 12.7 Å². The average Bonchev–Trinajstić information content (AvgIpc) is 1.94. The topological polar surface area (TPSA) is 55.7 Å². The summed E-state index contributed by atoms with van der Waals surface area (Å²) in [6, 6.07) is 0. The minimum Gasteiger partial charge on any atom is -0.396 e. The molecule has 0 atom stereocenters. The Bertz CT molecular complexity index is 105. The Morgan fingerprint density at radius 2 is 2.18 bits per heavy atom. The third kappa shape index (κ3) is 3.16. The van der Waals surface area contributed by atoms with E-state index in [1.807, 2.05) is 0 Å². The molecule has 0 saturated carbocycles. The van der Waals surface area contributed by atoms with Crippen LogP contribution in [0.3, 0.4) is 0 Å². The first-order valence-electron chi connectivity index (χ1n) is 4.05. The van der Waals surface area contributed by atoms with E-state index >= 15 is 0 Å². The lowest BCUT2D eigenvalue weighted by molar-refractivity contribution is -0.00242. The van der Waals surface area contributed by atoms with Gasteiger partial charge in [0.05, 0.1) is 6.10 Å².